The minimum Gasteiger partial charge on any atom is -0.481 e. The smallest absolute Gasteiger partial charge is 0.261 e. The van der Waals surface area contributed by atoms with Crippen molar-refractivity contribution in [1.82, 2.24) is 10.2 Å². The van der Waals surface area contributed by atoms with Crippen LogP contribution in [-0.4, -0.2) is 35.9 Å². The molecule has 28 heavy (non-hydrogen) atoms. The van der Waals surface area contributed by atoms with Gasteiger partial charge in [-0.05, 0) is 43.2 Å². The van der Waals surface area contributed by atoms with E-state index in [4.69, 9.17) is 16.3 Å². The van der Waals surface area contributed by atoms with E-state index in [1.54, 1.807) is 31.2 Å². The van der Waals surface area contributed by atoms with E-state index in [-0.39, 0.29) is 24.8 Å². The van der Waals surface area contributed by atoms with E-state index in [0.29, 0.717) is 11.6 Å². The van der Waals surface area contributed by atoms with Gasteiger partial charge in [-0.15, -0.1) is 0 Å². The highest BCUT2D eigenvalue weighted by Crippen LogP contribution is 2.17. The van der Waals surface area contributed by atoms with Crippen LogP contribution < -0.4 is 10.1 Å². The first kappa shape index (κ1) is 21.7. The number of ether oxygens (including phenoxy) is 1. The molecule has 0 unspecified atom stereocenters. The molecule has 0 aliphatic heterocycles. The minimum absolute atomic E-state index is 0.0124. The molecule has 2 aromatic rings. The van der Waals surface area contributed by atoms with E-state index in [2.05, 4.69) is 5.32 Å². The van der Waals surface area contributed by atoms with E-state index >= 15 is 0 Å². The number of benzene rings is 2. The van der Waals surface area contributed by atoms with Crippen LogP contribution in [-0.2, 0) is 16.1 Å². The third kappa shape index (κ3) is 6.23. The van der Waals surface area contributed by atoms with Gasteiger partial charge in [-0.3, -0.25) is 9.59 Å². The van der Waals surface area contributed by atoms with Crippen LogP contribution in [0.2, 0.25) is 5.02 Å². The zero-order chi connectivity index (χ0) is 20.5. The molecule has 0 aliphatic rings. The number of nitrogens with zero attached hydrogens (tertiary/aromatic N) is 1. The Morgan fingerprint density at radius 1 is 1.21 bits per heavy atom. The highest BCUT2D eigenvalue weighted by molar-refractivity contribution is 6.30. The molecule has 2 rings (SSSR count). The van der Waals surface area contributed by atoms with Crippen LogP contribution >= 0.6 is 11.6 Å². The third-order valence-corrected chi connectivity index (χ3v) is 4.38. The molecule has 0 saturated carbocycles. The lowest BCUT2D eigenvalue weighted by Crippen LogP contribution is -2.49. The van der Waals surface area contributed by atoms with Crippen LogP contribution in [0.25, 0.3) is 0 Å². The molecule has 1 N–H and O–H groups in total. The first-order valence-electron chi connectivity index (χ1n) is 9.11. The Labute approximate surface area is 169 Å². The summed E-state index contributed by atoms with van der Waals surface area (Å²) < 4.78 is 19.1. The van der Waals surface area contributed by atoms with Crippen LogP contribution in [0.15, 0.2) is 48.5 Å². The van der Waals surface area contributed by atoms with Gasteiger partial charge in [-0.25, -0.2) is 4.39 Å². The van der Waals surface area contributed by atoms with E-state index < -0.39 is 17.8 Å². The summed E-state index contributed by atoms with van der Waals surface area (Å²) in [5, 5.41) is 3.33. The Bertz CT molecular complexity index is 816. The molecule has 0 spiro atoms. The lowest BCUT2D eigenvalue weighted by molar-refractivity contribution is -0.142. The zero-order valence-corrected chi connectivity index (χ0v) is 16.7. The number of carbonyl (C=O) groups is 2. The zero-order valence-electron chi connectivity index (χ0n) is 16.0. The van der Waals surface area contributed by atoms with Crippen LogP contribution in [0.3, 0.4) is 0 Å². The fraction of sp³-hybridized carbons (Fsp3) is 0.333. The molecular weight excluding hydrogens is 383 g/mol. The lowest BCUT2D eigenvalue weighted by atomic mass is 10.1. The average molecular weight is 407 g/mol. The minimum atomic E-state index is -0.720. The van der Waals surface area contributed by atoms with Gasteiger partial charge in [0.2, 0.25) is 5.91 Å². The maximum Gasteiger partial charge on any atom is 0.261 e. The number of rotatable bonds is 9. The number of amides is 2. The number of halogens is 2. The molecule has 0 aromatic heterocycles. The molecule has 2 amide bonds. The van der Waals surface area contributed by atoms with Crippen LogP contribution in [0.4, 0.5) is 4.39 Å². The average Bonchev–Trinajstić information content (AvgIpc) is 2.69. The molecule has 0 fully saturated rings. The van der Waals surface area contributed by atoms with Gasteiger partial charge in [0, 0.05) is 18.1 Å². The largest absolute Gasteiger partial charge is 0.481 e. The van der Waals surface area contributed by atoms with Gasteiger partial charge in [0.25, 0.3) is 5.91 Å². The number of carbonyl (C=O) groups excluding carboxylic acids is 2. The van der Waals surface area contributed by atoms with E-state index in [1.807, 2.05) is 13.0 Å². The Kier molecular flexibility index (Phi) is 8.26. The second-order valence-corrected chi connectivity index (χ2v) is 6.77. The Morgan fingerprint density at radius 3 is 2.64 bits per heavy atom. The molecule has 5 nitrogen and oxygen atoms in total. The second-order valence-electron chi connectivity index (χ2n) is 6.34. The topological polar surface area (TPSA) is 58.6 Å². The molecule has 1 atom stereocenters. The molecule has 2 aromatic carbocycles. The van der Waals surface area contributed by atoms with Crippen molar-refractivity contribution in [1.29, 1.82) is 0 Å². The fourth-order valence-corrected chi connectivity index (χ4v) is 2.81. The van der Waals surface area contributed by atoms with Crippen molar-refractivity contribution in [2.45, 2.75) is 32.9 Å². The van der Waals surface area contributed by atoms with Crippen molar-refractivity contribution in [2.24, 2.45) is 0 Å². The van der Waals surface area contributed by atoms with Crippen molar-refractivity contribution in [3.8, 4) is 5.75 Å². The van der Waals surface area contributed by atoms with Crippen LogP contribution in [0.5, 0.6) is 5.75 Å². The summed E-state index contributed by atoms with van der Waals surface area (Å²) in [7, 11) is 0. The van der Waals surface area contributed by atoms with Crippen LogP contribution in [0.1, 0.15) is 25.8 Å². The van der Waals surface area contributed by atoms with E-state index in [0.717, 1.165) is 12.0 Å². The summed E-state index contributed by atoms with van der Waals surface area (Å²) in [5.74, 6) is -1.25. The molecule has 0 bridgehead atoms. The quantitative estimate of drug-likeness (QED) is 0.689. The van der Waals surface area contributed by atoms with Gasteiger partial charge in [0.15, 0.2) is 18.2 Å². The first-order chi connectivity index (χ1) is 13.4. The summed E-state index contributed by atoms with van der Waals surface area (Å²) in [6, 6.07) is 12.2. The third-order valence-electron chi connectivity index (χ3n) is 4.15. The fourth-order valence-electron chi connectivity index (χ4n) is 2.59. The molecule has 0 saturated heterocycles. The second kappa shape index (κ2) is 10.7. The van der Waals surface area contributed by atoms with Gasteiger partial charge in [-0.1, -0.05) is 42.8 Å². The number of para-hydroxylation sites is 1. The molecule has 0 aliphatic carbocycles. The van der Waals surface area contributed by atoms with Gasteiger partial charge >= 0.3 is 0 Å². The number of hydrogen-bond acceptors (Lipinski definition) is 3. The van der Waals surface area contributed by atoms with Crippen molar-refractivity contribution >= 4 is 23.4 Å². The van der Waals surface area contributed by atoms with Crippen LogP contribution in [0, 0.1) is 5.82 Å². The van der Waals surface area contributed by atoms with Crippen molar-refractivity contribution in [2.75, 3.05) is 13.2 Å². The Hall–Kier alpha value is -2.60. The highest BCUT2D eigenvalue weighted by Gasteiger charge is 2.26. The maximum atomic E-state index is 13.7. The van der Waals surface area contributed by atoms with E-state index in [1.165, 1.54) is 23.1 Å². The predicted molar refractivity (Wildman–Crippen MR) is 107 cm³/mol. The first-order valence-corrected chi connectivity index (χ1v) is 9.49. The summed E-state index contributed by atoms with van der Waals surface area (Å²) in [5.41, 5.74) is 0.780. The SMILES string of the molecule is CCCNC(=O)[C@H](C)N(Cc1cccc(Cl)c1)C(=O)COc1ccccc1F. The van der Waals surface area contributed by atoms with Crippen molar-refractivity contribution in [3.05, 3.63) is 64.9 Å². The molecule has 0 radical (unpaired) electrons. The molecule has 150 valence electrons. The highest BCUT2D eigenvalue weighted by atomic mass is 35.5. The van der Waals surface area contributed by atoms with Crippen molar-refractivity contribution in [3.63, 3.8) is 0 Å². The normalized spacial score (nSPS) is 11.6. The van der Waals surface area contributed by atoms with Gasteiger partial charge in [0.05, 0.1) is 0 Å². The van der Waals surface area contributed by atoms with Gasteiger partial charge in [-0.2, -0.15) is 0 Å². The molecular formula is C21H24ClFN2O3. The van der Waals surface area contributed by atoms with Gasteiger partial charge in [0.1, 0.15) is 6.04 Å². The lowest BCUT2D eigenvalue weighted by Gasteiger charge is -2.28. The molecule has 7 heteroatoms. The van der Waals surface area contributed by atoms with Gasteiger partial charge < -0.3 is 15.0 Å². The summed E-state index contributed by atoms with van der Waals surface area (Å²) in [6.45, 7) is 3.92. The Morgan fingerprint density at radius 2 is 1.96 bits per heavy atom. The van der Waals surface area contributed by atoms with E-state index in [9.17, 15) is 14.0 Å². The summed E-state index contributed by atoms with van der Waals surface area (Å²) >= 11 is 6.03. The number of nitrogens with one attached hydrogen (secondary N) is 1. The monoisotopic (exact) mass is 406 g/mol. The standard InChI is InChI=1S/C21H24ClFN2O3/c1-3-11-24-21(27)15(2)25(13-16-7-6-8-17(22)12-16)20(26)14-28-19-10-5-4-9-18(19)23/h4-10,12,15H,3,11,13-14H2,1-2H3,(H,24,27)/t15-/m0/s1. The maximum absolute atomic E-state index is 13.7. The predicted octanol–water partition coefficient (Wildman–Crippen LogP) is 3.80. The number of hydrogen-bond donors (Lipinski definition) is 1. The summed E-state index contributed by atoms with van der Waals surface area (Å²) in [6.07, 6.45) is 0.789. The summed E-state index contributed by atoms with van der Waals surface area (Å²) in [4.78, 5) is 26.6. The Balaban J connectivity index is 2.14. The molecule has 0 heterocycles. The van der Waals surface area contributed by atoms with Crippen molar-refractivity contribution < 1.29 is 18.7 Å².